The van der Waals surface area contributed by atoms with Crippen molar-refractivity contribution in [2.45, 2.75) is 38.9 Å². The second-order valence-electron chi connectivity index (χ2n) is 8.25. The number of hydrogen-bond acceptors (Lipinski definition) is 4. The molecule has 1 saturated heterocycles. The van der Waals surface area contributed by atoms with Crippen LogP contribution >= 0.6 is 0 Å². The molecule has 1 aliphatic heterocycles. The van der Waals surface area contributed by atoms with Gasteiger partial charge in [-0.3, -0.25) is 4.79 Å². The summed E-state index contributed by atoms with van der Waals surface area (Å²) in [6, 6.07) is 10.8. The average Bonchev–Trinajstić information content (AvgIpc) is 2.89. The molecule has 2 aromatic rings. The molecule has 0 atom stereocenters. The highest BCUT2D eigenvalue weighted by atomic mass is 19.1. The van der Waals surface area contributed by atoms with E-state index in [1.807, 2.05) is 27.7 Å². The SMILES string of the molecule is CC1(C)OB(C(F)=C2c3ccccc3C(=O)c3ccc(C(=O)O)cc32)OC1(C)C. The molecule has 2 aliphatic rings. The highest BCUT2D eigenvalue weighted by Gasteiger charge is 2.54. The summed E-state index contributed by atoms with van der Waals surface area (Å²) in [5.74, 6) is -1.44. The van der Waals surface area contributed by atoms with Gasteiger partial charge in [0, 0.05) is 16.7 Å². The molecular formula is C22H20BFO5. The third-order valence-corrected chi connectivity index (χ3v) is 5.92. The molecule has 29 heavy (non-hydrogen) atoms. The van der Waals surface area contributed by atoms with Crippen LogP contribution in [-0.4, -0.2) is 35.2 Å². The van der Waals surface area contributed by atoms with Crippen molar-refractivity contribution < 1.29 is 28.4 Å². The van der Waals surface area contributed by atoms with E-state index < -0.39 is 30.0 Å². The van der Waals surface area contributed by atoms with Gasteiger partial charge in [0.15, 0.2) is 5.78 Å². The Kier molecular flexibility index (Phi) is 4.29. The van der Waals surface area contributed by atoms with Gasteiger partial charge >= 0.3 is 13.1 Å². The number of rotatable bonds is 2. The van der Waals surface area contributed by atoms with Gasteiger partial charge in [-0.15, -0.1) is 0 Å². The summed E-state index contributed by atoms with van der Waals surface area (Å²) >= 11 is 0. The summed E-state index contributed by atoms with van der Waals surface area (Å²) < 4.78 is 27.6. The molecule has 7 heteroatoms. The Morgan fingerprint density at radius 2 is 1.48 bits per heavy atom. The van der Waals surface area contributed by atoms with E-state index in [1.165, 1.54) is 18.2 Å². The smallest absolute Gasteiger partial charge is 0.478 e. The van der Waals surface area contributed by atoms with Crippen molar-refractivity contribution in [2.24, 2.45) is 0 Å². The van der Waals surface area contributed by atoms with Crippen LogP contribution in [0.5, 0.6) is 0 Å². The molecule has 0 radical (unpaired) electrons. The Bertz CT molecular complexity index is 1070. The number of carboxylic acid groups (broad SMARTS) is 1. The quantitative estimate of drug-likeness (QED) is 0.657. The van der Waals surface area contributed by atoms with Gasteiger partial charge in [-0.2, -0.15) is 0 Å². The summed E-state index contributed by atoms with van der Waals surface area (Å²) in [6.07, 6.45) is 0. The van der Waals surface area contributed by atoms with Gasteiger partial charge in [-0.25, -0.2) is 9.18 Å². The van der Waals surface area contributed by atoms with Crippen LogP contribution in [-0.2, 0) is 9.31 Å². The lowest BCUT2D eigenvalue weighted by Gasteiger charge is -2.32. The van der Waals surface area contributed by atoms with Crippen LogP contribution in [0.1, 0.15) is 65.1 Å². The maximum absolute atomic E-state index is 15.9. The molecular weight excluding hydrogens is 374 g/mol. The fourth-order valence-electron chi connectivity index (χ4n) is 3.59. The summed E-state index contributed by atoms with van der Waals surface area (Å²) in [4.78, 5) is 24.4. The predicted molar refractivity (Wildman–Crippen MR) is 106 cm³/mol. The molecule has 2 aromatic carbocycles. The first-order chi connectivity index (χ1) is 13.5. The number of hydrogen-bond donors (Lipinski definition) is 1. The Balaban J connectivity index is 1.97. The second-order valence-corrected chi connectivity index (χ2v) is 8.25. The minimum absolute atomic E-state index is 0.0323. The van der Waals surface area contributed by atoms with Crippen molar-refractivity contribution >= 4 is 24.4 Å². The van der Waals surface area contributed by atoms with Crippen molar-refractivity contribution in [3.05, 3.63) is 76.0 Å². The highest BCUT2D eigenvalue weighted by Crippen LogP contribution is 2.44. The first-order valence-electron chi connectivity index (χ1n) is 9.30. The zero-order valence-electron chi connectivity index (χ0n) is 16.6. The number of ketones is 1. The Morgan fingerprint density at radius 3 is 2.07 bits per heavy atom. The Hall–Kier alpha value is -2.77. The number of carbonyl (C=O) groups excluding carboxylic acids is 1. The van der Waals surface area contributed by atoms with Crippen LogP contribution in [0.4, 0.5) is 4.39 Å². The van der Waals surface area contributed by atoms with Crippen LogP contribution in [0, 0.1) is 0 Å². The van der Waals surface area contributed by atoms with Crippen molar-refractivity contribution in [3.8, 4) is 0 Å². The largest absolute Gasteiger partial charge is 0.525 e. The molecule has 1 N–H and O–H groups in total. The van der Waals surface area contributed by atoms with E-state index in [9.17, 15) is 14.7 Å². The van der Waals surface area contributed by atoms with E-state index in [2.05, 4.69) is 0 Å². The summed E-state index contributed by atoms with van der Waals surface area (Å²) in [7, 11) is -1.27. The van der Waals surface area contributed by atoms with Crippen molar-refractivity contribution in [1.82, 2.24) is 0 Å². The van der Waals surface area contributed by atoms with E-state index >= 15 is 4.39 Å². The lowest BCUT2D eigenvalue weighted by molar-refractivity contribution is 0.00578. The molecule has 1 fully saturated rings. The molecule has 0 amide bonds. The second kappa shape index (κ2) is 6.37. The van der Waals surface area contributed by atoms with E-state index in [-0.39, 0.29) is 28.0 Å². The van der Waals surface area contributed by atoms with Crippen LogP contribution in [0.25, 0.3) is 5.57 Å². The molecule has 1 aliphatic carbocycles. The standard InChI is InChI=1S/C22H20BFO5/c1-21(2)22(3,4)29-23(28-21)19(24)17-13-7-5-6-8-14(13)18(25)15-10-9-12(20(26)27)11-16(15)17/h5-11H,1-4H3,(H,26,27). The van der Waals surface area contributed by atoms with Crippen LogP contribution < -0.4 is 0 Å². The molecule has 0 unspecified atom stereocenters. The van der Waals surface area contributed by atoms with Gasteiger partial charge in [0.2, 0.25) is 0 Å². The number of fused-ring (bicyclic) bond motifs is 2. The van der Waals surface area contributed by atoms with Gasteiger partial charge in [0.25, 0.3) is 0 Å². The number of carbonyl (C=O) groups is 2. The van der Waals surface area contributed by atoms with Gasteiger partial charge in [0.05, 0.1) is 16.8 Å². The third kappa shape index (κ3) is 2.93. The molecule has 0 aromatic heterocycles. The first-order valence-corrected chi connectivity index (χ1v) is 9.30. The molecule has 5 nitrogen and oxygen atoms in total. The van der Waals surface area contributed by atoms with Gasteiger partial charge in [0.1, 0.15) is 5.73 Å². The van der Waals surface area contributed by atoms with E-state index in [0.29, 0.717) is 11.1 Å². The lowest BCUT2D eigenvalue weighted by atomic mass is 9.74. The predicted octanol–water partition coefficient (Wildman–Crippen LogP) is 4.29. The molecule has 0 spiro atoms. The highest BCUT2D eigenvalue weighted by molar-refractivity contribution is 6.56. The van der Waals surface area contributed by atoms with Crippen LogP contribution in [0.15, 0.2) is 48.2 Å². The monoisotopic (exact) mass is 394 g/mol. The molecule has 148 valence electrons. The van der Waals surface area contributed by atoms with E-state index in [4.69, 9.17) is 9.31 Å². The number of halogens is 1. The summed E-state index contributed by atoms with van der Waals surface area (Å²) in [6.45, 7) is 7.28. The van der Waals surface area contributed by atoms with Gasteiger partial charge < -0.3 is 14.4 Å². The Labute approximate surface area is 168 Å². The molecule has 0 bridgehead atoms. The van der Waals surface area contributed by atoms with Crippen LogP contribution in [0.3, 0.4) is 0 Å². The Morgan fingerprint density at radius 1 is 0.931 bits per heavy atom. The third-order valence-electron chi connectivity index (χ3n) is 5.92. The van der Waals surface area contributed by atoms with Gasteiger partial charge in [-0.1, -0.05) is 24.3 Å². The minimum atomic E-state index is -1.27. The summed E-state index contributed by atoms with van der Waals surface area (Å²) in [5.41, 5.74) is -0.878. The zero-order valence-corrected chi connectivity index (χ0v) is 16.6. The van der Waals surface area contributed by atoms with Gasteiger partial charge in [-0.05, 0) is 57.0 Å². The number of benzene rings is 2. The van der Waals surface area contributed by atoms with E-state index in [0.717, 1.165) is 0 Å². The fraction of sp³-hybridized carbons (Fsp3) is 0.273. The minimum Gasteiger partial charge on any atom is -0.478 e. The van der Waals surface area contributed by atoms with Crippen molar-refractivity contribution in [2.75, 3.05) is 0 Å². The van der Waals surface area contributed by atoms with Crippen molar-refractivity contribution in [1.29, 1.82) is 0 Å². The molecule has 1 heterocycles. The number of aromatic carboxylic acids is 1. The normalized spacial score (nSPS) is 20.9. The maximum Gasteiger partial charge on any atom is 0.525 e. The average molecular weight is 394 g/mol. The fourth-order valence-corrected chi connectivity index (χ4v) is 3.59. The summed E-state index contributed by atoms with van der Waals surface area (Å²) in [5, 5.41) is 9.38. The molecule has 4 rings (SSSR count). The number of carboxylic acids is 1. The lowest BCUT2D eigenvalue weighted by Crippen LogP contribution is -2.41. The maximum atomic E-state index is 15.9. The molecule has 0 saturated carbocycles. The van der Waals surface area contributed by atoms with Crippen molar-refractivity contribution in [3.63, 3.8) is 0 Å². The zero-order chi connectivity index (χ0) is 21.1. The topological polar surface area (TPSA) is 72.8 Å². The first kappa shape index (κ1) is 19.5. The van der Waals surface area contributed by atoms with E-state index in [1.54, 1.807) is 24.3 Å². The van der Waals surface area contributed by atoms with Crippen LogP contribution in [0.2, 0.25) is 0 Å².